The number of aromatic nitrogens is 3. The molecule has 0 aliphatic heterocycles. The predicted octanol–water partition coefficient (Wildman–Crippen LogP) is 5.10. The van der Waals surface area contributed by atoms with E-state index in [1.165, 1.54) is 23.0 Å². The van der Waals surface area contributed by atoms with Crippen molar-refractivity contribution < 1.29 is 9.66 Å². The van der Waals surface area contributed by atoms with E-state index in [1.807, 2.05) is 6.07 Å². The van der Waals surface area contributed by atoms with Crippen LogP contribution in [0.5, 0.6) is 11.6 Å². The molecule has 0 atom stereocenters. The molecule has 0 radical (unpaired) electrons. The number of benzene rings is 2. The van der Waals surface area contributed by atoms with Gasteiger partial charge in [0.05, 0.1) is 22.0 Å². The van der Waals surface area contributed by atoms with Gasteiger partial charge in [0.25, 0.3) is 11.2 Å². The van der Waals surface area contributed by atoms with Gasteiger partial charge in [0.1, 0.15) is 17.8 Å². The highest BCUT2D eigenvalue weighted by molar-refractivity contribution is 9.10. The average Bonchev–Trinajstić information content (AvgIpc) is 2.76. The standard InChI is InChI=1S/C21H13BrClN5O4/c1-12-26-18-5-2-14(22)9-17(18)21(29)27(12)25-10-13-8-15(23)3-6-19(13)32-20-7-4-16(11-24-20)28(30)31/h2-11H,1H3. The molecule has 0 amide bonds. The topological polar surface area (TPSA) is 113 Å². The Morgan fingerprint density at radius 1 is 1.22 bits per heavy atom. The van der Waals surface area contributed by atoms with Gasteiger partial charge in [-0.05, 0) is 43.3 Å². The number of ether oxygens (including phenoxy) is 1. The normalized spacial score (nSPS) is 11.2. The number of rotatable bonds is 5. The van der Waals surface area contributed by atoms with Gasteiger partial charge in [-0.3, -0.25) is 14.9 Å². The van der Waals surface area contributed by atoms with Gasteiger partial charge in [-0.1, -0.05) is 27.5 Å². The Kier molecular flexibility index (Phi) is 5.97. The van der Waals surface area contributed by atoms with E-state index >= 15 is 0 Å². The van der Waals surface area contributed by atoms with Gasteiger partial charge in [-0.15, -0.1) is 0 Å². The van der Waals surface area contributed by atoms with Crippen molar-refractivity contribution in [2.75, 3.05) is 0 Å². The number of hydrogen-bond donors (Lipinski definition) is 0. The van der Waals surface area contributed by atoms with Gasteiger partial charge in [0, 0.05) is 27.2 Å². The first-order chi connectivity index (χ1) is 15.3. The number of halogens is 2. The summed E-state index contributed by atoms with van der Waals surface area (Å²) in [7, 11) is 0. The molecular formula is C21H13BrClN5O4. The minimum absolute atomic E-state index is 0.151. The van der Waals surface area contributed by atoms with E-state index in [0.717, 1.165) is 10.7 Å². The van der Waals surface area contributed by atoms with Crippen LogP contribution in [-0.2, 0) is 0 Å². The third-order valence-electron chi connectivity index (χ3n) is 4.40. The largest absolute Gasteiger partial charge is 0.438 e. The van der Waals surface area contributed by atoms with Crippen molar-refractivity contribution in [3.63, 3.8) is 0 Å². The minimum atomic E-state index is -0.548. The fourth-order valence-electron chi connectivity index (χ4n) is 2.88. The first kappa shape index (κ1) is 21.6. The molecule has 0 spiro atoms. The zero-order chi connectivity index (χ0) is 22.8. The lowest BCUT2D eigenvalue weighted by Gasteiger charge is -2.09. The fraction of sp³-hybridized carbons (Fsp3) is 0.0476. The maximum atomic E-state index is 12.9. The molecule has 160 valence electrons. The van der Waals surface area contributed by atoms with Crippen LogP contribution in [0.2, 0.25) is 5.02 Å². The van der Waals surface area contributed by atoms with Crippen molar-refractivity contribution in [3.8, 4) is 11.6 Å². The second-order valence-electron chi connectivity index (χ2n) is 6.58. The van der Waals surface area contributed by atoms with Crippen LogP contribution in [-0.4, -0.2) is 25.8 Å². The Bertz CT molecular complexity index is 1440. The van der Waals surface area contributed by atoms with E-state index in [1.54, 1.807) is 37.3 Å². The third kappa shape index (κ3) is 4.51. The highest BCUT2D eigenvalue weighted by Gasteiger charge is 2.11. The van der Waals surface area contributed by atoms with Crippen molar-refractivity contribution in [3.05, 3.63) is 96.1 Å². The van der Waals surface area contributed by atoms with E-state index < -0.39 is 4.92 Å². The molecule has 2 aromatic carbocycles. The Labute approximate surface area is 194 Å². The Morgan fingerprint density at radius 2 is 2.03 bits per heavy atom. The molecule has 9 nitrogen and oxygen atoms in total. The quantitative estimate of drug-likeness (QED) is 0.208. The average molecular weight is 515 g/mol. The van der Waals surface area contributed by atoms with Crippen molar-refractivity contribution in [2.45, 2.75) is 6.92 Å². The van der Waals surface area contributed by atoms with Crippen LogP contribution >= 0.6 is 27.5 Å². The highest BCUT2D eigenvalue weighted by atomic mass is 79.9. The molecule has 0 fully saturated rings. The van der Waals surface area contributed by atoms with E-state index in [4.69, 9.17) is 16.3 Å². The molecule has 4 rings (SSSR count). The minimum Gasteiger partial charge on any atom is -0.438 e. The molecule has 0 saturated heterocycles. The van der Waals surface area contributed by atoms with Crippen LogP contribution in [0, 0.1) is 17.0 Å². The molecule has 0 unspecified atom stereocenters. The molecule has 0 saturated carbocycles. The lowest BCUT2D eigenvalue weighted by atomic mass is 10.2. The Hall–Kier alpha value is -3.63. The number of aryl methyl sites for hydroxylation is 1. The van der Waals surface area contributed by atoms with Gasteiger partial charge >= 0.3 is 0 Å². The van der Waals surface area contributed by atoms with Gasteiger partial charge in [-0.25, -0.2) is 9.97 Å². The maximum Gasteiger partial charge on any atom is 0.287 e. The summed E-state index contributed by atoms with van der Waals surface area (Å²) >= 11 is 9.48. The SMILES string of the molecule is Cc1nc2ccc(Br)cc2c(=O)n1N=Cc1cc(Cl)ccc1Oc1ccc([N+](=O)[O-])cn1. The summed E-state index contributed by atoms with van der Waals surface area (Å²) in [5.74, 6) is 0.905. The smallest absolute Gasteiger partial charge is 0.287 e. The zero-order valence-electron chi connectivity index (χ0n) is 16.4. The number of nitrogens with zero attached hydrogens (tertiary/aromatic N) is 5. The highest BCUT2D eigenvalue weighted by Crippen LogP contribution is 2.27. The molecule has 0 N–H and O–H groups in total. The molecule has 2 aromatic heterocycles. The summed E-state index contributed by atoms with van der Waals surface area (Å²) in [6, 6.07) is 12.7. The van der Waals surface area contributed by atoms with Crippen LogP contribution in [0.4, 0.5) is 5.69 Å². The van der Waals surface area contributed by atoms with Crippen LogP contribution < -0.4 is 10.3 Å². The summed E-state index contributed by atoms with van der Waals surface area (Å²) in [6.07, 6.45) is 2.52. The number of pyridine rings is 1. The molecule has 11 heteroatoms. The van der Waals surface area contributed by atoms with E-state index in [0.29, 0.717) is 33.1 Å². The van der Waals surface area contributed by atoms with E-state index in [9.17, 15) is 14.9 Å². The number of hydrogen-bond acceptors (Lipinski definition) is 7. The molecule has 0 bridgehead atoms. The summed E-state index contributed by atoms with van der Waals surface area (Å²) in [5, 5.41) is 15.9. The lowest BCUT2D eigenvalue weighted by molar-refractivity contribution is -0.385. The molecule has 4 aromatic rings. The molecule has 0 aliphatic carbocycles. The Morgan fingerprint density at radius 3 is 2.75 bits per heavy atom. The summed E-state index contributed by atoms with van der Waals surface area (Å²) in [4.78, 5) is 31.5. The second-order valence-corrected chi connectivity index (χ2v) is 7.93. The van der Waals surface area contributed by atoms with Crippen LogP contribution in [0.25, 0.3) is 10.9 Å². The van der Waals surface area contributed by atoms with E-state index in [2.05, 4.69) is 31.0 Å². The number of fused-ring (bicyclic) bond motifs is 1. The van der Waals surface area contributed by atoms with Crippen molar-refractivity contribution >= 4 is 50.3 Å². The number of nitro groups is 1. The molecular weight excluding hydrogens is 502 g/mol. The van der Waals surface area contributed by atoms with E-state index in [-0.39, 0.29) is 17.1 Å². The maximum absolute atomic E-state index is 12.9. The molecule has 2 heterocycles. The van der Waals surface area contributed by atoms with Crippen LogP contribution in [0.1, 0.15) is 11.4 Å². The van der Waals surface area contributed by atoms with Gasteiger partial charge in [0.15, 0.2) is 0 Å². The van der Waals surface area contributed by atoms with Crippen molar-refractivity contribution in [1.82, 2.24) is 14.6 Å². The van der Waals surface area contributed by atoms with Crippen LogP contribution in [0.15, 0.2) is 69.1 Å². The monoisotopic (exact) mass is 513 g/mol. The Balaban J connectivity index is 1.71. The zero-order valence-corrected chi connectivity index (χ0v) is 18.7. The first-order valence-electron chi connectivity index (χ1n) is 9.13. The second kappa shape index (κ2) is 8.85. The van der Waals surface area contributed by atoms with Gasteiger partial charge in [-0.2, -0.15) is 9.78 Å². The first-order valence-corrected chi connectivity index (χ1v) is 10.3. The summed E-state index contributed by atoms with van der Waals surface area (Å²) in [6.45, 7) is 1.68. The van der Waals surface area contributed by atoms with Crippen molar-refractivity contribution in [2.24, 2.45) is 5.10 Å². The van der Waals surface area contributed by atoms with Gasteiger partial charge in [0.2, 0.25) is 5.88 Å². The molecule has 32 heavy (non-hydrogen) atoms. The molecule has 0 aliphatic rings. The lowest BCUT2D eigenvalue weighted by Crippen LogP contribution is -2.20. The summed E-state index contributed by atoms with van der Waals surface area (Å²) in [5.41, 5.74) is 0.559. The summed E-state index contributed by atoms with van der Waals surface area (Å²) < 4.78 is 7.68. The fourth-order valence-corrected chi connectivity index (χ4v) is 3.42. The van der Waals surface area contributed by atoms with Gasteiger partial charge < -0.3 is 4.74 Å². The third-order valence-corrected chi connectivity index (χ3v) is 5.13. The van der Waals surface area contributed by atoms with Crippen molar-refractivity contribution in [1.29, 1.82) is 0 Å². The predicted molar refractivity (Wildman–Crippen MR) is 124 cm³/mol. The van der Waals surface area contributed by atoms with Crippen LogP contribution in [0.3, 0.4) is 0 Å².